The van der Waals surface area contributed by atoms with Crippen LogP contribution in [0.25, 0.3) is 0 Å². The lowest BCUT2D eigenvalue weighted by molar-refractivity contribution is -0.142. The van der Waals surface area contributed by atoms with Crippen molar-refractivity contribution in [3.05, 3.63) is 41.7 Å². The molecule has 0 aliphatic heterocycles. The summed E-state index contributed by atoms with van der Waals surface area (Å²) in [6, 6.07) is 3.16. The second-order valence-corrected chi connectivity index (χ2v) is 3.59. The lowest BCUT2D eigenvalue weighted by Gasteiger charge is -2.11. The van der Waals surface area contributed by atoms with E-state index in [9.17, 15) is 9.18 Å². The van der Waals surface area contributed by atoms with E-state index in [0.29, 0.717) is 12.0 Å². The van der Waals surface area contributed by atoms with Crippen LogP contribution in [0.3, 0.4) is 0 Å². The average molecular weight is 238 g/mol. The van der Waals surface area contributed by atoms with E-state index in [0.717, 1.165) is 5.56 Å². The zero-order valence-corrected chi connectivity index (χ0v) is 9.96. The van der Waals surface area contributed by atoms with Crippen molar-refractivity contribution in [2.45, 2.75) is 13.3 Å². The van der Waals surface area contributed by atoms with Gasteiger partial charge in [-0.05, 0) is 25.0 Å². The smallest absolute Gasteiger partial charge is 0.343 e. The molecule has 1 aromatic rings. The van der Waals surface area contributed by atoms with Crippen LogP contribution in [0.15, 0.2) is 24.8 Å². The molecule has 1 rings (SSSR count). The van der Waals surface area contributed by atoms with E-state index < -0.39 is 11.8 Å². The third-order valence-electron chi connectivity index (χ3n) is 2.19. The third-order valence-corrected chi connectivity index (χ3v) is 2.19. The largest absolute Gasteiger partial charge is 0.479 e. The first-order valence-corrected chi connectivity index (χ1v) is 5.18. The molecule has 0 spiro atoms. The number of methoxy groups -OCH3 is 1. The summed E-state index contributed by atoms with van der Waals surface area (Å²) < 4.78 is 23.2. The fourth-order valence-electron chi connectivity index (χ4n) is 1.46. The van der Waals surface area contributed by atoms with Crippen molar-refractivity contribution >= 4 is 5.97 Å². The van der Waals surface area contributed by atoms with E-state index in [1.165, 1.54) is 13.2 Å². The molecular weight excluding hydrogens is 223 g/mol. The topological polar surface area (TPSA) is 35.5 Å². The van der Waals surface area contributed by atoms with E-state index >= 15 is 0 Å². The van der Waals surface area contributed by atoms with Gasteiger partial charge in [-0.25, -0.2) is 9.18 Å². The van der Waals surface area contributed by atoms with Gasteiger partial charge in [0, 0.05) is 5.56 Å². The summed E-state index contributed by atoms with van der Waals surface area (Å²) in [5, 5.41) is 0. The second kappa shape index (κ2) is 6.03. The molecule has 17 heavy (non-hydrogen) atoms. The minimum atomic E-state index is -0.547. The molecule has 0 unspecified atom stereocenters. The van der Waals surface area contributed by atoms with Gasteiger partial charge >= 0.3 is 5.97 Å². The van der Waals surface area contributed by atoms with Crippen LogP contribution in [-0.2, 0) is 16.0 Å². The molecule has 3 nitrogen and oxygen atoms in total. The van der Waals surface area contributed by atoms with Gasteiger partial charge in [0.1, 0.15) is 0 Å². The van der Waals surface area contributed by atoms with E-state index in [2.05, 4.69) is 11.3 Å². The summed E-state index contributed by atoms with van der Waals surface area (Å²) >= 11 is 0. The molecule has 0 N–H and O–H groups in total. The first-order chi connectivity index (χ1) is 8.08. The fraction of sp³-hybridized carbons (Fsp3) is 0.308. The summed E-state index contributed by atoms with van der Waals surface area (Å²) in [4.78, 5) is 10.9. The Morgan fingerprint density at radius 2 is 2.24 bits per heavy atom. The lowest BCUT2D eigenvalue weighted by atomic mass is 10.1. The van der Waals surface area contributed by atoms with E-state index in [1.807, 2.05) is 0 Å². The van der Waals surface area contributed by atoms with Crippen molar-refractivity contribution in [2.24, 2.45) is 0 Å². The number of rotatable bonds is 5. The Bertz CT molecular complexity index is 427. The van der Waals surface area contributed by atoms with Crippen LogP contribution in [0.5, 0.6) is 5.75 Å². The van der Waals surface area contributed by atoms with Crippen LogP contribution >= 0.6 is 0 Å². The van der Waals surface area contributed by atoms with E-state index in [1.54, 1.807) is 19.1 Å². The predicted octanol–water partition coefficient (Wildman–Crippen LogP) is 2.41. The number of esters is 1. The quantitative estimate of drug-likeness (QED) is 0.583. The zero-order chi connectivity index (χ0) is 12.8. The summed E-state index contributed by atoms with van der Waals surface area (Å²) in [6.45, 7) is 5.08. The number of carbonyl (C=O) groups excluding carboxylic acids is 1. The van der Waals surface area contributed by atoms with Crippen molar-refractivity contribution in [3.63, 3.8) is 0 Å². The molecule has 0 saturated heterocycles. The van der Waals surface area contributed by atoms with Crippen LogP contribution in [0.2, 0.25) is 0 Å². The highest BCUT2D eigenvalue weighted by atomic mass is 19.1. The van der Waals surface area contributed by atoms with Gasteiger partial charge < -0.3 is 9.47 Å². The molecule has 92 valence electrons. The lowest BCUT2D eigenvalue weighted by Crippen LogP contribution is -2.14. The summed E-state index contributed by atoms with van der Waals surface area (Å²) in [5.74, 6) is -0.943. The first-order valence-electron chi connectivity index (χ1n) is 5.18. The molecule has 0 amide bonds. The minimum Gasteiger partial charge on any atom is -0.479 e. The standard InChI is InChI=1S/C13H15FO3/c1-4-5-10-6-9(2)7-11(14)13(10)17-8-12(15)16-3/h4,6-7H,1,5,8H2,2-3H3. The van der Waals surface area contributed by atoms with Crippen LogP contribution in [0.4, 0.5) is 4.39 Å². The van der Waals surface area contributed by atoms with Gasteiger partial charge in [-0.15, -0.1) is 6.58 Å². The average Bonchev–Trinajstić information content (AvgIpc) is 2.27. The number of ether oxygens (including phenoxy) is 2. The number of aryl methyl sites for hydroxylation is 1. The number of carbonyl (C=O) groups is 1. The first kappa shape index (κ1) is 13.2. The third kappa shape index (κ3) is 3.59. The molecule has 0 saturated carbocycles. The van der Waals surface area contributed by atoms with Crippen LogP contribution in [0, 0.1) is 12.7 Å². The number of benzene rings is 1. The molecule has 0 bridgehead atoms. The molecule has 0 heterocycles. The Labute approximate surface area is 99.9 Å². The highest BCUT2D eigenvalue weighted by molar-refractivity contribution is 5.71. The molecule has 0 aliphatic carbocycles. The Morgan fingerprint density at radius 3 is 2.82 bits per heavy atom. The van der Waals surface area contributed by atoms with Gasteiger partial charge in [0.15, 0.2) is 18.2 Å². The van der Waals surface area contributed by atoms with Gasteiger partial charge in [0.25, 0.3) is 0 Å². The highest BCUT2D eigenvalue weighted by Crippen LogP contribution is 2.25. The number of hydrogen-bond donors (Lipinski definition) is 0. The van der Waals surface area contributed by atoms with Crippen molar-refractivity contribution in [1.29, 1.82) is 0 Å². The molecule has 4 heteroatoms. The maximum atomic E-state index is 13.7. The Balaban J connectivity index is 2.95. The number of halogens is 1. The predicted molar refractivity (Wildman–Crippen MR) is 62.5 cm³/mol. The van der Waals surface area contributed by atoms with Crippen molar-refractivity contribution < 1.29 is 18.7 Å². The van der Waals surface area contributed by atoms with E-state index in [-0.39, 0.29) is 12.4 Å². The molecular formula is C13H15FO3. The van der Waals surface area contributed by atoms with Crippen LogP contribution in [0.1, 0.15) is 11.1 Å². The van der Waals surface area contributed by atoms with Crippen molar-refractivity contribution in [3.8, 4) is 5.75 Å². The van der Waals surface area contributed by atoms with Gasteiger partial charge in [-0.2, -0.15) is 0 Å². The number of allylic oxidation sites excluding steroid dienone is 1. The maximum absolute atomic E-state index is 13.7. The van der Waals surface area contributed by atoms with Crippen molar-refractivity contribution in [1.82, 2.24) is 0 Å². The Morgan fingerprint density at radius 1 is 1.53 bits per heavy atom. The summed E-state index contributed by atoms with van der Waals surface area (Å²) in [6.07, 6.45) is 2.13. The van der Waals surface area contributed by atoms with Gasteiger partial charge in [-0.3, -0.25) is 0 Å². The molecule has 0 atom stereocenters. The van der Waals surface area contributed by atoms with Crippen LogP contribution in [-0.4, -0.2) is 19.7 Å². The van der Waals surface area contributed by atoms with E-state index in [4.69, 9.17) is 4.74 Å². The normalized spacial score (nSPS) is 9.82. The van der Waals surface area contributed by atoms with Crippen molar-refractivity contribution in [2.75, 3.05) is 13.7 Å². The second-order valence-electron chi connectivity index (χ2n) is 3.59. The minimum absolute atomic E-state index is 0.0842. The highest BCUT2D eigenvalue weighted by Gasteiger charge is 2.12. The maximum Gasteiger partial charge on any atom is 0.343 e. The van der Waals surface area contributed by atoms with Crippen LogP contribution < -0.4 is 4.74 Å². The van der Waals surface area contributed by atoms with Gasteiger partial charge in [0.2, 0.25) is 0 Å². The Hall–Kier alpha value is -1.84. The molecule has 0 radical (unpaired) electrons. The summed E-state index contributed by atoms with van der Waals surface area (Å²) in [5.41, 5.74) is 1.46. The summed E-state index contributed by atoms with van der Waals surface area (Å²) in [7, 11) is 1.25. The SMILES string of the molecule is C=CCc1cc(C)cc(F)c1OCC(=O)OC. The fourth-order valence-corrected chi connectivity index (χ4v) is 1.46. The zero-order valence-electron chi connectivity index (χ0n) is 9.96. The monoisotopic (exact) mass is 238 g/mol. The van der Waals surface area contributed by atoms with Gasteiger partial charge in [-0.1, -0.05) is 12.1 Å². The molecule has 0 aliphatic rings. The molecule has 0 fully saturated rings. The molecule has 1 aromatic carbocycles. The van der Waals surface area contributed by atoms with Gasteiger partial charge in [0.05, 0.1) is 7.11 Å². The number of hydrogen-bond acceptors (Lipinski definition) is 3. The Kier molecular flexibility index (Phi) is 4.69. The molecule has 0 aromatic heterocycles.